The maximum atomic E-state index is 14.1. The Balaban J connectivity index is 2.23. The van der Waals surface area contributed by atoms with E-state index in [1.807, 2.05) is 27.7 Å². The molecule has 0 spiro atoms. The number of fused-ring (bicyclic) bond motifs is 1. The summed E-state index contributed by atoms with van der Waals surface area (Å²) in [4.78, 5) is 0. The molecule has 2 aromatic carbocycles. The number of rotatable bonds is 3. The van der Waals surface area contributed by atoms with E-state index in [0.29, 0.717) is 5.39 Å². The fourth-order valence-electron chi connectivity index (χ4n) is 2.78. The number of ether oxygens (including phenoxy) is 1. The first kappa shape index (κ1) is 17.9. The highest BCUT2D eigenvalue weighted by Crippen LogP contribution is 2.39. The van der Waals surface area contributed by atoms with Crippen LogP contribution in [0.15, 0.2) is 24.3 Å². The molecule has 1 fully saturated rings. The molecule has 0 aliphatic carbocycles. The van der Waals surface area contributed by atoms with Gasteiger partial charge >= 0.3 is 13.7 Å². The lowest BCUT2D eigenvalue weighted by molar-refractivity contribution is -0.0510. The second-order valence-electron chi connectivity index (χ2n) is 6.98. The second-order valence-corrected chi connectivity index (χ2v) is 6.98. The van der Waals surface area contributed by atoms with E-state index in [1.165, 1.54) is 18.2 Å². The maximum absolute atomic E-state index is 14.1. The minimum absolute atomic E-state index is 0.0802. The molecule has 4 nitrogen and oxygen atoms in total. The molecule has 0 atom stereocenters. The summed E-state index contributed by atoms with van der Waals surface area (Å²) in [6, 6.07) is 5.02. The first-order valence-corrected chi connectivity index (χ1v) is 7.77. The average Bonchev–Trinajstić information content (AvgIpc) is 2.69. The molecule has 1 heterocycles. The maximum Gasteiger partial charge on any atom is 0.495 e. The Bertz CT molecular complexity index is 807. The van der Waals surface area contributed by atoms with Gasteiger partial charge in [0, 0.05) is 5.39 Å². The average molecular weight is 354 g/mol. The van der Waals surface area contributed by atoms with E-state index in [0.717, 1.165) is 6.07 Å². The molecule has 8 heteroatoms. The Kier molecular flexibility index (Phi) is 4.16. The van der Waals surface area contributed by atoms with Crippen LogP contribution in [0.5, 0.6) is 11.5 Å². The van der Waals surface area contributed by atoms with Gasteiger partial charge in [-0.3, -0.25) is 0 Å². The summed E-state index contributed by atoms with van der Waals surface area (Å²) < 4.78 is 55.9. The Labute approximate surface area is 143 Å². The van der Waals surface area contributed by atoms with Crippen molar-refractivity contribution in [3.63, 3.8) is 0 Å². The van der Waals surface area contributed by atoms with Gasteiger partial charge < -0.3 is 19.2 Å². The largest absolute Gasteiger partial charge is 0.508 e. The van der Waals surface area contributed by atoms with Crippen molar-refractivity contribution in [3.8, 4) is 11.5 Å². The van der Waals surface area contributed by atoms with Crippen LogP contribution in [0.25, 0.3) is 10.8 Å². The molecule has 0 unspecified atom stereocenters. The minimum atomic E-state index is -3.19. The topological polar surface area (TPSA) is 47.9 Å². The van der Waals surface area contributed by atoms with Crippen LogP contribution in [0.1, 0.15) is 27.7 Å². The summed E-state index contributed by atoms with van der Waals surface area (Å²) >= 11 is 0. The van der Waals surface area contributed by atoms with Crippen LogP contribution in [0.3, 0.4) is 0 Å². The number of hydrogen-bond acceptors (Lipinski definition) is 4. The summed E-state index contributed by atoms with van der Waals surface area (Å²) in [5.74, 6) is -1.65. The van der Waals surface area contributed by atoms with Gasteiger partial charge in [-0.15, -0.1) is 0 Å². The molecule has 134 valence electrons. The Morgan fingerprint density at radius 1 is 1.08 bits per heavy atom. The molecule has 0 radical (unpaired) electrons. The van der Waals surface area contributed by atoms with Crippen LogP contribution in [0.2, 0.25) is 0 Å². The van der Waals surface area contributed by atoms with Crippen LogP contribution in [0, 0.1) is 5.82 Å². The minimum Gasteiger partial charge on any atom is -0.508 e. The predicted molar refractivity (Wildman–Crippen MR) is 87.9 cm³/mol. The van der Waals surface area contributed by atoms with Crippen molar-refractivity contribution in [1.82, 2.24) is 0 Å². The number of phenolic OH excluding ortho intramolecular Hbond substituents is 1. The highest BCUT2D eigenvalue weighted by Gasteiger charge is 2.52. The van der Waals surface area contributed by atoms with Gasteiger partial charge in [0.2, 0.25) is 0 Å². The van der Waals surface area contributed by atoms with Crippen molar-refractivity contribution in [3.05, 3.63) is 30.1 Å². The molecule has 0 aromatic heterocycles. The SMILES string of the molecule is CC1(C)OB(c2cc(O)cc3ccc(F)c(OC(F)F)c23)OC1(C)C. The van der Waals surface area contributed by atoms with Gasteiger partial charge in [0.1, 0.15) is 5.75 Å². The van der Waals surface area contributed by atoms with Crippen LogP contribution in [0.4, 0.5) is 13.2 Å². The van der Waals surface area contributed by atoms with E-state index in [4.69, 9.17) is 9.31 Å². The lowest BCUT2D eigenvalue weighted by atomic mass is 9.75. The Morgan fingerprint density at radius 2 is 1.68 bits per heavy atom. The zero-order valence-corrected chi connectivity index (χ0v) is 14.3. The standard InChI is InChI=1S/C17H18BF3O4/c1-16(2)17(3,4)25-18(24-16)11-8-10(22)7-9-5-6-12(19)14(13(9)11)23-15(20)21/h5-8,15,22H,1-4H3. The molecular weight excluding hydrogens is 336 g/mol. The van der Waals surface area contributed by atoms with Crippen LogP contribution < -0.4 is 10.2 Å². The van der Waals surface area contributed by atoms with E-state index < -0.39 is 36.5 Å². The quantitative estimate of drug-likeness (QED) is 0.856. The molecule has 1 N–H and O–H groups in total. The van der Waals surface area contributed by atoms with E-state index in [-0.39, 0.29) is 16.6 Å². The van der Waals surface area contributed by atoms with Crippen LogP contribution in [-0.2, 0) is 9.31 Å². The lowest BCUT2D eigenvalue weighted by Crippen LogP contribution is -2.41. The summed E-state index contributed by atoms with van der Waals surface area (Å²) in [7, 11) is -0.971. The second kappa shape index (κ2) is 5.81. The first-order valence-electron chi connectivity index (χ1n) is 7.77. The van der Waals surface area contributed by atoms with Gasteiger partial charge in [0.15, 0.2) is 11.6 Å². The van der Waals surface area contributed by atoms with Gasteiger partial charge in [0.05, 0.1) is 11.2 Å². The molecule has 2 aromatic rings. The van der Waals surface area contributed by atoms with Crippen molar-refractivity contribution in [1.29, 1.82) is 0 Å². The van der Waals surface area contributed by atoms with Crippen molar-refractivity contribution >= 4 is 23.4 Å². The molecular formula is C17H18BF3O4. The van der Waals surface area contributed by atoms with Crippen LogP contribution in [-0.4, -0.2) is 30.0 Å². The molecule has 25 heavy (non-hydrogen) atoms. The predicted octanol–water partition coefficient (Wildman–Crippen LogP) is 3.59. The summed E-state index contributed by atoms with van der Waals surface area (Å²) in [6.07, 6.45) is 0. The third-order valence-electron chi connectivity index (χ3n) is 4.75. The van der Waals surface area contributed by atoms with Crippen molar-refractivity contribution < 1.29 is 32.3 Å². The molecule has 1 aliphatic rings. The Morgan fingerprint density at radius 3 is 2.24 bits per heavy atom. The first-order chi connectivity index (χ1) is 11.5. The number of hydrogen-bond donors (Lipinski definition) is 1. The number of alkyl halides is 2. The summed E-state index contributed by atoms with van der Waals surface area (Å²) in [5, 5.41) is 10.4. The number of halogens is 3. The van der Waals surface area contributed by atoms with Gasteiger partial charge in [-0.25, -0.2) is 4.39 Å². The third-order valence-corrected chi connectivity index (χ3v) is 4.75. The van der Waals surface area contributed by atoms with Crippen molar-refractivity contribution in [2.24, 2.45) is 0 Å². The molecule has 0 bridgehead atoms. The highest BCUT2D eigenvalue weighted by molar-refractivity contribution is 6.65. The zero-order chi connectivity index (χ0) is 18.6. The summed E-state index contributed by atoms with van der Waals surface area (Å²) in [6.45, 7) is 4.12. The molecule has 1 saturated heterocycles. The van der Waals surface area contributed by atoms with Crippen molar-refractivity contribution in [2.75, 3.05) is 0 Å². The fourth-order valence-corrected chi connectivity index (χ4v) is 2.78. The van der Waals surface area contributed by atoms with E-state index in [2.05, 4.69) is 4.74 Å². The van der Waals surface area contributed by atoms with E-state index >= 15 is 0 Å². The highest BCUT2D eigenvalue weighted by atomic mass is 19.3. The lowest BCUT2D eigenvalue weighted by Gasteiger charge is -2.32. The van der Waals surface area contributed by atoms with Crippen molar-refractivity contribution in [2.45, 2.75) is 45.5 Å². The fraction of sp³-hybridized carbons (Fsp3) is 0.412. The third kappa shape index (κ3) is 3.04. The van der Waals surface area contributed by atoms with E-state index in [9.17, 15) is 18.3 Å². The monoisotopic (exact) mass is 354 g/mol. The van der Waals surface area contributed by atoms with Gasteiger partial charge in [-0.05, 0) is 56.7 Å². The Hall–Kier alpha value is -1.93. The smallest absolute Gasteiger partial charge is 0.495 e. The number of benzene rings is 2. The van der Waals surface area contributed by atoms with E-state index in [1.54, 1.807) is 0 Å². The van der Waals surface area contributed by atoms with Crippen LogP contribution >= 0.6 is 0 Å². The zero-order valence-electron chi connectivity index (χ0n) is 14.3. The van der Waals surface area contributed by atoms with Gasteiger partial charge in [-0.2, -0.15) is 8.78 Å². The van der Waals surface area contributed by atoms with Gasteiger partial charge in [-0.1, -0.05) is 6.07 Å². The molecule has 3 rings (SSSR count). The molecule has 0 amide bonds. The summed E-state index contributed by atoms with van der Waals surface area (Å²) in [5.41, 5.74) is -1.15. The molecule has 0 saturated carbocycles. The molecule has 1 aliphatic heterocycles. The van der Waals surface area contributed by atoms with Gasteiger partial charge in [0.25, 0.3) is 0 Å². The number of aromatic hydroxyl groups is 1. The normalized spacial score (nSPS) is 19.0. The number of phenols is 1.